The zero-order valence-electron chi connectivity index (χ0n) is 17.4. The van der Waals surface area contributed by atoms with E-state index >= 15 is 0 Å². The van der Waals surface area contributed by atoms with Gasteiger partial charge in [-0.15, -0.1) is 5.10 Å². The van der Waals surface area contributed by atoms with Crippen molar-refractivity contribution < 1.29 is 4.79 Å². The number of carbonyl (C=O) groups excluding carboxylic acids is 1. The molecule has 7 nitrogen and oxygen atoms in total. The van der Waals surface area contributed by atoms with Crippen molar-refractivity contribution >= 4 is 17.2 Å². The molecule has 152 valence electrons. The molecule has 2 heterocycles. The van der Waals surface area contributed by atoms with E-state index in [-0.39, 0.29) is 12.5 Å². The Hall–Kier alpha value is -3.74. The van der Waals surface area contributed by atoms with Crippen LogP contribution < -0.4 is 11.0 Å². The van der Waals surface area contributed by atoms with Gasteiger partial charge in [0, 0.05) is 11.3 Å². The largest absolute Gasteiger partial charge is 0.367 e. The van der Waals surface area contributed by atoms with E-state index in [1.165, 1.54) is 10.1 Å². The smallest absolute Gasteiger partial charge is 0.324 e. The highest BCUT2D eigenvalue weighted by Crippen LogP contribution is 2.20. The third-order valence-electron chi connectivity index (χ3n) is 5.20. The predicted molar refractivity (Wildman–Crippen MR) is 117 cm³/mol. The van der Waals surface area contributed by atoms with Gasteiger partial charge >= 0.3 is 5.69 Å². The van der Waals surface area contributed by atoms with E-state index in [2.05, 4.69) is 15.5 Å². The molecule has 0 atom stereocenters. The van der Waals surface area contributed by atoms with Crippen molar-refractivity contribution in [2.45, 2.75) is 34.2 Å². The van der Waals surface area contributed by atoms with Gasteiger partial charge in [0.1, 0.15) is 6.54 Å². The van der Waals surface area contributed by atoms with E-state index < -0.39 is 5.69 Å². The van der Waals surface area contributed by atoms with E-state index in [0.29, 0.717) is 11.3 Å². The zero-order chi connectivity index (χ0) is 21.4. The lowest BCUT2D eigenvalue weighted by Crippen LogP contribution is -2.29. The van der Waals surface area contributed by atoms with Crippen molar-refractivity contribution in [1.82, 2.24) is 19.4 Å². The van der Waals surface area contributed by atoms with Crippen LogP contribution in [-0.4, -0.2) is 25.3 Å². The Morgan fingerprint density at radius 2 is 1.67 bits per heavy atom. The fourth-order valence-electron chi connectivity index (χ4n) is 3.26. The second-order valence-electron chi connectivity index (χ2n) is 7.59. The number of aryl methyl sites for hydroxylation is 4. The average molecular weight is 401 g/mol. The maximum atomic E-state index is 12.8. The van der Waals surface area contributed by atoms with Crippen molar-refractivity contribution in [3.05, 3.63) is 81.3 Å². The molecule has 0 radical (unpaired) electrons. The Balaban J connectivity index is 1.61. The fraction of sp³-hybridized carbons (Fsp3) is 0.217. The molecule has 0 spiro atoms. The first-order chi connectivity index (χ1) is 14.3. The number of aromatic nitrogens is 4. The molecule has 0 unspecified atom stereocenters. The highest BCUT2D eigenvalue weighted by atomic mass is 16.2. The van der Waals surface area contributed by atoms with Gasteiger partial charge in [-0.3, -0.25) is 4.79 Å². The monoisotopic (exact) mass is 401 g/mol. The van der Waals surface area contributed by atoms with E-state index in [0.717, 1.165) is 32.6 Å². The van der Waals surface area contributed by atoms with Gasteiger partial charge in [-0.2, -0.15) is 9.61 Å². The second kappa shape index (κ2) is 7.59. The number of carbonyl (C=O) groups is 1. The van der Waals surface area contributed by atoms with Crippen LogP contribution in [0.5, 0.6) is 0 Å². The first-order valence-corrected chi connectivity index (χ1v) is 9.73. The van der Waals surface area contributed by atoms with Crippen LogP contribution in [0.15, 0.2) is 53.3 Å². The van der Waals surface area contributed by atoms with Crippen LogP contribution in [-0.2, 0) is 11.3 Å². The van der Waals surface area contributed by atoms with Crippen LogP contribution in [0.2, 0.25) is 0 Å². The van der Waals surface area contributed by atoms with Crippen LogP contribution in [0.3, 0.4) is 0 Å². The maximum Gasteiger partial charge on any atom is 0.367 e. The molecule has 1 amide bonds. The normalized spacial score (nSPS) is 11.1. The number of nitrogens with zero attached hydrogens (tertiary/aromatic N) is 4. The predicted octanol–water partition coefficient (Wildman–Crippen LogP) is 3.43. The van der Waals surface area contributed by atoms with E-state index in [4.69, 9.17) is 0 Å². The molecular weight excluding hydrogens is 378 g/mol. The molecule has 0 fully saturated rings. The van der Waals surface area contributed by atoms with E-state index in [1.54, 1.807) is 6.07 Å². The number of hydrogen-bond donors (Lipinski definition) is 1. The van der Waals surface area contributed by atoms with Crippen LogP contribution >= 0.6 is 0 Å². The Morgan fingerprint density at radius 1 is 0.900 bits per heavy atom. The lowest BCUT2D eigenvalue weighted by atomic mass is 10.0. The summed E-state index contributed by atoms with van der Waals surface area (Å²) in [7, 11) is 0. The third-order valence-corrected chi connectivity index (χ3v) is 5.20. The molecule has 2 aromatic heterocycles. The standard InChI is InChI=1S/C23H23N5O2/c1-14-5-6-16(3)20(11-14)24-22(29)13-27-23(30)28-21(26-27)10-9-19(25-28)18-8-7-15(2)17(4)12-18/h5-12H,13H2,1-4H3,(H,24,29). The van der Waals surface area contributed by atoms with Crippen LogP contribution in [0.1, 0.15) is 22.3 Å². The zero-order valence-corrected chi connectivity index (χ0v) is 17.4. The average Bonchev–Trinajstić information content (AvgIpc) is 3.01. The summed E-state index contributed by atoms with van der Waals surface area (Å²) in [6.45, 7) is 7.78. The van der Waals surface area contributed by atoms with E-state index in [1.807, 2.05) is 70.2 Å². The minimum absolute atomic E-state index is 0.186. The van der Waals surface area contributed by atoms with Gasteiger partial charge in [0.05, 0.1) is 5.69 Å². The summed E-state index contributed by atoms with van der Waals surface area (Å²) >= 11 is 0. The number of hydrogen-bond acceptors (Lipinski definition) is 4. The molecule has 4 aromatic rings. The maximum absolute atomic E-state index is 12.8. The summed E-state index contributed by atoms with van der Waals surface area (Å²) < 4.78 is 2.36. The Morgan fingerprint density at radius 3 is 2.43 bits per heavy atom. The quantitative estimate of drug-likeness (QED) is 0.568. The highest BCUT2D eigenvalue weighted by molar-refractivity contribution is 5.91. The number of benzene rings is 2. The Bertz CT molecular complexity index is 1330. The lowest BCUT2D eigenvalue weighted by molar-refractivity contribution is -0.117. The minimum atomic E-state index is -0.452. The van der Waals surface area contributed by atoms with Gasteiger partial charge < -0.3 is 5.32 Å². The number of rotatable bonds is 4. The van der Waals surface area contributed by atoms with Crippen molar-refractivity contribution in [2.75, 3.05) is 5.32 Å². The lowest BCUT2D eigenvalue weighted by Gasteiger charge is -2.08. The molecule has 2 aromatic carbocycles. The summed E-state index contributed by atoms with van der Waals surface area (Å²) in [4.78, 5) is 25.3. The summed E-state index contributed by atoms with van der Waals surface area (Å²) in [5.74, 6) is -0.316. The molecule has 0 saturated heterocycles. The number of nitrogens with one attached hydrogen (secondary N) is 1. The molecule has 1 N–H and O–H groups in total. The fourth-order valence-corrected chi connectivity index (χ4v) is 3.26. The molecular formula is C23H23N5O2. The summed E-state index contributed by atoms with van der Waals surface area (Å²) in [6.07, 6.45) is 0. The number of anilines is 1. The number of amides is 1. The topological polar surface area (TPSA) is 81.3 Å². The SMILES string of the molecule is Cc1ccc(C)c(NC(=O)Cn2nc3ccc(-c4ccc(C)c(C)c4)nn3c2=O)c1. The van der Waals surface area contributed by atoms with Gasteiger partial charge in [-0.05, 0) is 74.2 Å². The van der Waals surface area contributed by atoms with Crippen LogP contribution in [0.4, 0.5) is 5.69 Å². The summed E-state index contributed by atoms with van der Waals surface area (Å²) in [6, 6.07) is 15.4. The van der Waals surface area contributed by atoms with Crippen molar-refractivity contribution in [2.24, 2.45) is 0 Å². The van der Waals surface area contributed by atoms with Crippen molar-refractivity contribution in [1.29, 1.82) is 0 Å². The molecule has 30 heavy (non-hydrogen) atoms. The molecule has 0 aliphatic rings. The van der Waals surface area contributed by atoms with Crippen LogP contribution in [0.25, 0.3) is 16.9 Å². The third kappa shape index (κ3) is 3.74. The molecule has 0 saturated carbocycles. The van der Waals surface area contributed by atoms with Crippen molar-refractivity contribution in [3.63, 3.8) is 0 Å². The van der Waals surface area contributed by atoms with Crippen molar-refractivity contribution in [3.8, 4) is 11.3 Å². The summed E-state index contributed by atoms with van der Waals surface area (Å²) in [5, 5.41) is 11.5. The first-order valence-electron chi connectivity index (χ1n) is 9.73. The van der Waals surface area contributed by atoms with Gasteiger partial charge in [0.15, 0.2) is 5.65 Å². The second-order valence-corrected chi connectivity index (χ2v) is 7.59. The van der Waals surface area contributed by atoms with Gasteiger partial charge in [-0.25, -0.2) is 9.48 Å². The first kappa shape index (κ1) is 19.6. The summed E-state index contributed by atoms with van der Waals surface area (Å²) in [5.41, 5.74) is 6.62. The molecule has 0 aliphatic carbocycles. The van der Waals surface area contributed by atoms with Gasteiger partial charge in [0.25, 0.3) is 0 Å². The van der Waals surface area contributed by atoms with Gasteiger partial charge in [0.2, 0.25) is 5.91 Å². The van der Waals surface area contributed by atoms with Crippen LogP contribution in [0, 0.1) is 27.7 Å². The van der Waals surface area contributed by atoms with Gasteiger partial charge in [-0.1, -0.05) is 24.3 Å². The Labute approximate surface area is 174 Å². The highest BCUT2D eigenvalue weighted by Gasteiger charge is 2.14. The molecule has 7 heteroatoms. The molecule has 4 rings (SSSR count). The van der Waals surface area contributed by atoms with E-state index in [9.17, 15) is 9.59 Å². The number of fused-ring (bicyclic) bond motifs is 1. The molecule has 0 bridgehead atoms. The minimum Gasteiger partial charge on any atom is -0.324 e. The Kier molecular flexibility index (Phi) is 4.95. The molecule has 0 aliphatic heterocycles.